The fourth-order valence-electron chi connectivity index (χ4n) is 2.85. The van der Waals surface area contributed by atoms with Crippen LogP contribution < -0.4 is 5.32 Å². The number of para-hydroxylation sites is 1. The van der Waals surface area contributed by atoms with Crippen LogP contribution in [0.3, 0.4) is 0 Å². The van der Waals surface area contributed by atoms with Gasteiger partial charge in [-0.2, -0.15) is 0 Å². The van der Waals surface area contributed by atoms with E-state index in [1.165, 1.54) is 4.90 Å². The van der Waals surface area contributed by atoms with Gasteiger partial charge in [-0.3, -0.25) is 9.78 Å². The molecule has 4 rings (SSSR count). The van der Waals surface area contributed by atoms with E-state index in [9.17, 15) is 4.79 Å². The number of nitrogens with zero attached hydrogens (tertiary/aromatic N) is 5. The van der Waals surface area contributed by atoms with Crippen molar-refractivity contribution in [2.24, 2.45) is 0 Å². The third-order valence-electron chi connectivity index (χ3n) is 4.44. The van der Waals surface area contributed by atoms with E-state index < -0.39 is 0 Å². The number of nitrogens with one attached hydrogen (secondary N) is 1. The molecule has 2 aromatic heterocycles. The average molecular weight is 400 g/mol. The number of anilines is 2. The minimum atomic E-state index is -0.0541. The quantitative estimate of drug-likeness (QED) is 0.542. The first kappa shape index (κ1) is 19.3. The topological polar surface area (TPSA) is 97.0 Å². The van der Waals surface area contributed by atoms with Crippen LogP contribution >= 0.6 is 0 Å². The Morgan fingerprint density at radius 3 is 2.43 bits per heavy atom. The summed E-state index contributed by atoms with van der Waals surface area (Å²) in [5.41, 5.74) is 4.12. The van der Waals surface area contributed by atoms with Crippen molar-refractivity contribution < 1.29 is 9.21 Å². The van der Waals surface area contributed by atoms with Crippen molar-refractivity contribution in [3.63, 3.8) is 0 Å². The number of benzene rings is 2. The lowest BCUT2D eigenvalue weighted by Gasteiger charge is -2.10. The number of hydrogen-bond donors (Lipinski definition) is 1. The number of aryl methyl sites for hydroxylation is 1. The molecule has 1 amide bonds. The lowest BCUT2D eigenvalue weighted by molar-refractivity contribution is 0.0827. The van der Waals surface area contributed by atoms with Crippen molar-refractivity contribution in [3.8, 4) is 22.8 Å². The Balaban J connectivity index is 1.60. The summed E-state index contributed by atoms with van der Waals surface area (Å²) in [7, 11) is 3.44. The zero-order valence-electron chi connectivity index (χ0n) is 16.8. The molecule has 0 aliphatic rings. The van der Waals surface area contributed by atoms with Crippen LogP contribution in [0.2, 0.25) is 0 Å². The van der Waals surface area contributed by atoms with Crippen LogP contribution in [0.25, 0.3) is 22.8 Å². The van der Waals surface area contributed by atoms with Crippen molar-refractivity contribution in [2.75, 3.05) is 19.4 Å². The molecule has 150 valence electrons. The summed E-state index contributed by atoms with van der Waals surface area (Å²) < 4.78 is 5.74. The monoisotopic (exact) mass is 400 g/mol. The molecular weight excluding hydrogens is 380 g/mol. The van der Waals surface area contributed by atoms with Gasteiger partial charge in [-0.25, -0.2) is 4.98 Å². The Bertz CT molecular complexity index is 1170. The second-order valence-corrected chi connectivity index (χ2v) is 6.87. The molecule has 0 unspecified atom stereocenters. The van der Waals surface area contributed by atoms with Gasteiger partial charge < -0.3 is 14.6 Å². The maximum Gasteiger partial charge on any atom is 0.320 e. The van der Waals surface area contributed by atoms with E-state index in [4.69, 9.17) is 4.42 Å². The number of amides is 1. The Hall–Kier alpha value is -4.07. The molecule has 0 spiro atoms. The van der Waals surface area contributed by atoms with Gasteiger partial charge in [0.05, 0.1) is 17.6 Å². The largest absolute Gasteiger partial charge is 0.401 e. The van der Waals surface area contributed by atoms with Crippen molar-refractivity contribution in [3.05, 3.63) is 72.1 Å². The molecule has 0 saturated carbocycles. The van der Waals surface area contributed by atoms with Gasteiger partial charge in [0.1, 0.15) is 5.69 Å². The van der Waals surface area contributed by atoms with Gasteiger partial charge in [-0.15, -0.1) is 5.10 Å². The van der Waals surface area contributed by atoms with E-state index >= 15 is 0 Å². The third-order valence-corrected chi connectivity index (χ3v) is 4.44. The average Bonchev–Trinajstić information content (AvgIpc) is 3.22. The van der Waals surface area contributed by atoms with Gasteiger partial charge >= 0.3 is 6.01 Å². The van der Waals surface area contributed by atoms with Crippen molar-refractivity contribution >= 4 is 17.6 Å². The Kier molecular flexibility index (Phi) is 5.21. The molecule has 0 atom stereocenters. The summed E-state index contributed by atoms with van der Waals surface area (Å²) in [6, 6.07) is 17.1. The maximum atomic E-state index is 12.1. The molecule has 0 radical (unpaired) electrons. The summed E-state index contributed by atoms with van der Waals surface area (Å²) in [6.45, 7) is 1.83. The number of aromatic nitrogens is 4. The van der Waals surface area contributed by atoms with Crippen molar-refractivity contribution in [1.82, 2.24) is 25.1 Å². The van der Waals surface area contributed by atoms with Crippen molar-refractivity contribution in [2.45, 2.75) is 6.92 Å². The van der Waals surface area contributed by atoms with E-state index in [-0.39, 0.29) is 17.8 Å². The third kappa shape index (κ3) is 4.02. The van der Waals surface area contributed by atoms with Crippen LogP contribution in [0.4, 0.5) is 11.7 Å². The summed E-state index contributed by atoms with van der Waals surface area (Å²) in [5, 5.41) is 11.2. The van der Waals surface area contributed by atoms with Gasteiger partial charge in [0.2, 0.25) is 0 Å². The van der Waals surface area contributed by atoms with E-state index in [0.29, 0.717) is 22.6 Å². The Labute approximate surface area is 173 Å². The molecule has 4 aromatic rings. The van der Waals surface area contributed by atoms with Gasteiger partial charge in [-0.1, -0.05) is 35.4 Å². The number of hydrogen-bond acceptors (Lipinski definition) is 7. The van der Waals surface area contributed by atoms with Crippen LogP contribution in [0, 0.1) is 6.92 Å². The van der Waals surface area contributed by atoms with E-state index in [0.717, 1.165) is 11.3 Å². The first-order chi connectivity index (χ1) is 14.5. The highest BCUT2D eigenvalue weighted by atomic mass is 16.4. The summed E-state index contributed by atoms with van der Waals surface area (Å²) in [4.78, 5) is 22.7. The second kappa shape index (κ2) is 8.12. The van der Waals surface area contributed by atoms with Gasteiger partial charge in [0.25, 0.3) is 11.8 Å². The predicted molar refractivity (Wildman–Crippen MR) is 113 cm³/mol. The van der Waals surface area contributed by atoms with Crippen molar-refractivity contribution in [1.29, 1.82) is 0 Å². The van der Waals surface area contributed by atoms with Gasteiger partial charge in [0, 0.05) is 30.9 Å². The highest BCUT2D eigenvalue weighted by molar-refractivity contribution is 5.94. The normalized spacial score (nSPS) is 10.6. The van der Waals surface area contributed by atoms with Gasteiger partial charge in [-0.05, 0) is 31.2 Å². The van der Waals surface area contributed by atoms with E-state index in [1.54, 1.807) is 32.4 Å². The first-order valence-corrected chi connectivity index (χ1v) is 9.33. The summed E-state index contributed by atoms with van der Waals surface area (Å²) in [6.07, 6.45) is 1.68. The summed E-state index contributed by atoms with van der Waals surface area (Å²) >= 11 is 0. The van der Waals surface area contributed by atoms with Crippen LogP contribution in [-0.4, -0.2) is 45.1 Å². The molecule has 0 aliphatic carbocycles. The second-order valence-electron chi connectivity index (χ2n) is 6.87. The van der Waals surface area contributed by atoms with Gasteiger partial charge in [0.15, 0.2) is 0 Å². The highest BCUT2D eigenvalue weighted by Gasteiger charge is 2.16. The van der Waals surface area contributed by atoms with Crippen LogP contribution in [0.1, 0.15) is 16.1 Å². The standard InChI is InChI=1S/C22H20N6O2/c1-14-19(20-26-27-22(30-20)24-17-7-5-4-6-8-17)25-18(13-23-14)15-9-11-16(12-10-15)21(29)28(2)3/h4-13H,1-3H3,(H,24,27). The van der Waals surface area contributed by atoms with Crippen LogP contribution in [-0.2, 0) is 0 Å². The van der Waals surface area contributed by atoms with E-state index in [1.807, 2.05) is 49.4 Å². The molecule has 0 saturated heterocycles. The molecule has 2 heterocycles. The first-order valence-electron chi connectivity index (χ1n) is 9.33. The zero-order chi connectivity index (χ0) is 21.1. The molecule has 0 aliphatic heterocycles. The number of rotatable bonds is 5. The molecule has 8 heteroatoms. The molecule has 0 fully saturated rings. The fourth-order valence-corrected chi connectivity index (χ4v) is 2.85. The van der Waals surface area contributed by atoms with Crippen LogP contribution in [0.5, 0.6) is 0 Å². The lowest BCUT2D eigenvalue weighted by Crippen LogP contribution is -2.21. The maximum absolute atomic E-state index is 12.1. The summed E-state index contributed by atoms with van der Waals surface area (Å²) in [5.74, 6) is 0.223. The lowest BCUT2D eigenvalue weighted by atomic mass is 10.1. The molecule has 2 aromatic carbocycles. The predicted octanol–water partition coefficient (Wildman–Crippen LogP) is 3.95. The van der Waals surface area contributed by atoms with Crippen LogP contribution in [0.15, 0.2) is 65.2 Å². The SMILES string of the molecule is Cc1ncc(-c2ccc(C(=O)N(C)C)cc2)nc1-c1nnc(Nc2ccccc2)o1. The molecule has 30 heavy (non-hydrogen) atoms. The molecule has 0 bridgehead atoms. The minimum Gasteiger partial charge on any atom is -0.401 e. The Morgan fingerprint density at radius 2 is 1.73 bits per heavy atom. The van der Waals surface area contributed by atoms with E-state index in [2.05, 4.69) is 25.5 Å². The number of carbonyl (C=O) groups excluding carboxylic acids is 1. The minimum absolute atomic E-state index is 0.0541. The molecule has 1 N–H and O–H groups in total. The Morgan fingerprint density at radius 1 is 1.00 bits per heavy atom. The number of carbonyl (C=O) groups is 1. The zero-order valence-corrected chi connectivity index (χ0v) is 16.8. The molecular formula is C22H20N6O2. The fraction of sp³-hybridized carbons (Fsp3) is 0.136. The molecule has 8 nitrogen and oxygen atoms in total. The smallest absolute Gasteiger partial charge is 0.320 e. The highest BCUT2D eigenvalue weighted by Crippen LogP contribution is 2.25.